The van der Waals surface area contributed by atoms with Crippen LogP contribution in [0.5, 0.6) is 0 Å². The third-order valence-electron chi connectivity index (χ3n) is 2.75. The molecule has 0 bridgehead atoms. The maximum Gasteiger partial charge on any atom is 0.274 e. The third-order valence-corrected chi connectivity index (χ3v) is 2.75. The van der Waals surface area contributed by atoms with Gasteiger partial charge < -0.3 is 4.90 Å². The summed E-state index contributed by atoms with van der Waals surface area (Å²) in [7, 11) is 0. The predicted molar refractivity (Wildman–Crippen MR) is 59.8 cm³/mol. The molecule has 88 valence electrons. The fraction of sp³-hybridized carbons (Fsp3) is 0.273. The average molecular weight is 234 g/mol. The minimum absolute atomic E-state index is 0.000834. The van der Waals surface area contributed by atoms with Crippen LogP contribution in [0.1, 0.15) is 12.0 Å². The van der Waals surface area contributed by atoms with Crippen molar-refractivity contribution < 1.29 is 14.5 Å². The Labute approximate surface area is 97.0 Å². The first kappa shape index (κ1) is 11.3. The molecule has 2 rings (SSSR count). The molecule has 0 atom stereocenters. The minimum atomic E-state index is -0.499. The molecule has 6 heteroatoms. The molecule has 0 unspecified atom stereocenters. The largest absolute Gasteiger partial charge is 0.304 e. The molecule has 17 heavy (non-hydrogen) atoms. The number of benzene rings is 1. The molecule has 1 saturated heterocycles. The molecular formula is C11H10N2O4. The zero-order chi connectivity index (χ0) is 12.6. The van der Waals surface area contributed by atoms with Crippen molar-refractivity contribution in [3.8, 4) is 0 Å². The Morgan fingerprint density at radius 1 is 1.35 bits per heavy atom. The van der Waals surface area contributed by atoms with Crippen LogP contribution >= 0.6 is 0 Å². The Hall–Kier alpha value is -2.24. The highest BCUT2D eigenvalue weighted by Gasteiger charge is 2.30. The Balaban J connectivity index is 2.46. The highest BCUT2D eigenvalue weighted by Crippen LogP contribution is 2.30. The maximum atomic E-state index is 11.6. The summed E-state index contributed by atoms with van der Waals surface area (Å²) in [6.45, 7) is 1.57. The molecule has 1 aromatic carbocycles. The van der Waals surface area contributed by atoms with Gasteiger partial charge in [0, 0.05) is 6.07 Å². The number of nitro benzene ring substituents is 1. The molecule has 1 aliphatic rings. The molecule has 0 saturated carbocycles. The van der Waals surface area contributed by atoms with E-state index in [1.807, 2.05) is 0 Å². The van der Waals surface area contributed by atoms with Gasteiger partial charge >= 0.3 is 0 Å². The fourth-order valence-corrected chi connectivity index (χ4v) is 1.91. The second-order valence-corrected chi connectivity index (χ2v) is 3.87. The van der Waals surface area contributed by atoms with Crippen molar-refractivity contribution in [2.75, 3.05) is 11.4 Å². The lowest BCUT2D eigenvalue weighted by atomic mass is 10.1. The number of carbonyl (C=O) groups excluding carboxylic acids is 2. The van der Waals surface area contributed by atoms with Crippen LogP contribution in [0.3, 0.4) is 0 Å². The molecular weight excluding hydrogens is 224 g/mol. The first-order valence-electron chi connectivity index (χ1n) is 5.07. The van der Waals surface area contributed by atoms with Crippen molar-refractivity contribution >= 4 is 23.1 Å². The normalized spacial score (nSPS) is 15.5. The van der Waals surface area contributed by atoms with E-state index < -0.39 is 4.92 Å². The van der Waals surface area contributed by atoms with Crippen molar-refractivity contribution in [3.05, 3.63) is 33.9 Å². The number of Topliss-reactive ketones (excluding diaryl/α,β-unsaturated/α-hetero) is 1. The Bertz CT molecular complexity index is 524. The van der Waals surface area contributed by atoms with E-state index in [2.05, 4.69) is 0 Å². The van der Waals surface area contributed by atoms with Crippen LogP contribution in [0.15, 0.2) is 18.2 Å². The monoisotopic (exact) mass is 234 g/mol. The summed E-state index contributed by atoms with van der Waals surface area (Å²) >= 11 is 0. The summed E-state index contributed by atoms with van der Waals surface area (Å²) < 4.78 is 0. The zero-order valence-electron chi connectivity index (χ0n) is 9.17. The van der Waals surface area contributed by atoms with Crippen molar-refractivity contribution in [2.24, 2.45) is 0 Å². The highest BCUT2D eigenvalue weighted by molar-refractivity contribution is 6.15. The molecule has 0 radical (unpaired) electrons. The number of carbonyl (C=O) groups is 2. The summed E-state index contributed by atoms with van der Waals surface area (Å²) in [5.74, 6) is -0.473. The summed E-state index contributed by atoms with van der Waals surface area (Å²) in [6, 6.07) is 4.50. The van der Waals surface area contributed by atoms with Gasteiger partial charge in [0.05, 0.1) is 29.1 Å². The summed E-state index contributed by atoms with van der Waals surface area (Å²) in [4.78, 5) is 34.3. The van der Waals surface area contributed by atoms with Crippen LogP contribution in [0, 0.1) is 17.0 Å². The van der Waals surface area contributed by atoms with Gasteiger partial charge in [0.2, 0.25) is 5.91 Å². The van der Waals surface area contributed by atoms with E-state index in [1.54, 1.807) is 13.0 Å². The lowest BCUT2D eigenvalue weighted by Gasteiger charge is -2.16. The van der Waals surface area contributed by atoms with Gasteiger partial charge in [-0.15, -0.1) is 0 Å². The van der Waals surface area contributed by atoms with E-state index in [4.69, 9.17) is 0 Å². The van der Waals surface area contributed by atoms with Gasteiger partial charge in [-0.1, -0.05) is 6.07 Å². The molecule has 0 aliphatic carbocycles. The standard InChI is InChI=1S/C11H10N2O4/c1-7-9(3-2-4-10(7)13(16)17)12-6-8(14)5-11(12)15/h2-4H,5-6H2,1H3. The van der Waals surface area contributed by atoms with Crippen molar-refractivity contribution in [1.82, 2.24) is 0 Å². The average Bonchev–Trinajstić information content (AvgIpc) is 2.57. The van der Waals surface area contributed by atoms with Gasteiger partial charge in [-0.2, -0.15) is 0 Å². The lowest BCUT2D eigenvalue weighted by molar-refractivity contribution is -0.385. The number of nitro groups is 1. The maximum absolute atomic E-state index is 11.6. The number of anilines is 1. The highest BCUT2D eigenvalue weighted by atomic mass is 16.6. The van der Waals surface area contributed by atoms with Gasteiger partial charge in [0.1, 0.15) is 0 Å². The van der Waals surface area contributed by atoms with Crippen LogP contribution in [0.4, 0.5) is 11.4 Å². The molecule has 1 fully saturated rings. The predicted octanol–water partition coefficient (Wildman–Crippen LogP) is 1.21. The van der Waals surface area contributed by atoms with Crippen LogP contribution < -0.4 is 4.90 Å². The van der Waals surface area contributed by atoms with Crippen LogP contribution in [0.25, 0.3) is 0 Å². The van der Waals surface area contributed by atoms with Crippen LogP contribution in [-0.2, 0) is 9.59 Å². The number of ketones is 1. The van der Waals surface area contributed by atoms with Crippen LogP contribution in [-0.4, -0.2) is 23.2 Å². The molecule has 1 aromatic rings. The van der Waals surface area contributed by atoms with Gasteiger partial charge in [0.15, 0.2) is 5.78 Å². The van der Waals surface area contributed by atoms with Gasteiger partial charge in [-0.25, -0.2) is 0 Å². The van der Waals surface area contributed by atoms with E-state index in [9.17, 15) is 19.7 Å². The Kier molecular flexibility index (Phi) is 2.63. The molecule has 1 heterocycles. The Morgan fingerprint density at radius 3 is 2.59 bits per heavy atom. The van der Waals surface area contributed by atoms with Gasteiger partial charge in [-0.05, 0) is 13.0 Å². The molecule has 1 amide bonds. The second kappa shape index (κ2) is 3.97. The van der Waals surface area contributed by atoms with Crippen molar-refractivity contribution in [1.29, 1.82) is 0 Å². The molecule has 1 aliphatic heterocycles. The number of rotatable bonds is 2. The molecule has 0 spiro atoms. The second-order valence-electron chi connectivity index (χ2n) is 3.87. The Morgan fingerprint density at radius 2 is 2.06 bits per heavy atom. The number of hydrogen-bond acceptors (Lipinski definition) is 4. The fourth-order valence-electron chi connectivity index (χ4n) is 1.91. The molecule has 0 aromatic heterocycles. The minimum Gasteiger partial charge on any atom is -0.304 e. The van der Waals surface area contributed by atoms with Crippen molar-refractivity contribution in [2.45, 2.75) is 13.3 Å². The zero-order valence-corrected chi connectivity index (χ0v) is 9.17. The molecule has 0 N–H and O–H groups in total. The van der Waals surface area contributed by atoms with E-state index in [-0.39, 0.29) is 30.3 Å². The first-order valence-corrected chi connectivity index (χ1v) is 5.07. The summed E-state index contributed by atoms with van der Waals surface area (Å²) in [5.41, 5.74) is 0.797. The summed E-state index contributed by atoms with van der Waals surface area (Å²) in [5, 5.41) is 10.8. The lowest BCUT2D eigenvalue weighted by Crippen LogP contribution is -2.25. The SMILES string of the molecule is Cc1c(N2CC(=O)CC2=O)cccc1[N+](=O)[O-]. The molecule has 6 nitrogen and oxygen atoms in total. The van der Waals surface area contributed by atoms with E-state index in [0.29, 0.717) is 11.3 Å². The van der Waals surface area contributed by atoms with Gasteiger partial charge in [-0.3, -0.25) is 19.7 Å². The third kappa shape index (κ3) is 1.89. The summed E-state index contributed by atoms with van der Waals surface area (Å²) in [6.07, 6.45) is -0.123. The topological polar surface area (TPSA) is 80.5 Å². The first-order chi connectivity index (χ1) is 8.00. The van der Waals surface area contributed by atoms with Crippen LogP contribution in [0.2, 0.25) is 0 Å². The van der Waals surface area contributed by atoms with E-state index in [1.165, 1.54) is 17.0 Å². The van der Waals surface area contributed by atoms with E-state index >= 15 is 0 Å². The number of hydrogen-bond donors (Lipinski definition) is 0. The number of nitrogens with zero attached hydrogens (tertiary/aromatic N) is 2. The van der Waals surface area contributed by atoms with E-state index in [0.717, 1.165) is 0 Å². The smallest absolute Gasteiger partial charge is 0.274 e. The number of amides is 1. The van der Waals surface area contributed by atoms with Gasteiger partial charge in [0.25, 0.3) is 5.69 Å². The quantitative estimate of drug-likeness (QED) is 0.437. The van der Waals surface area contributed by atoms with Crippen molar-refractivity contribution in [3.63, 3.8) is 0 Å².